The molecule has 3 rings (SSSR count). The van der Waals surface area contributed by atoms with Crippen LogP contribution in [0.3, 0.4) is 0 Å². The smallest absolute Gasteiger partial charge is 0.303 e. The number of carboxylic acid groups (broad SMARTS) is 1. The third-order valence-electron chi connectivity index (χ3n) is 7.04. The summed E-state index contributed by atoms with van der Waals surface area (Å²) in [5.74, 6) is -4.27. The van der Waals surface area contributed by atoms with Gasteiger partial charge in [0.2, 0.25) is 23.6 Å². The van der Waals surface area contributed by atoms with E-state index in [1.165, 1.54) is 37.0 Å². The minimum atomic E-state index is -1.11. The number of hydrogen-bond acceptors (Lipinski definition) is 7. The molecule has 1 aromatic carbocycles. The van der Waals surface area contributed by atoms with Crippen LogP contribution in [0.2, 0.25) is 0 Å². The van der Waals surface area contributed by atoms with Gasteiger partial charge in [0, 0.05) is 46.6 Å². The van der Waals surface area contributed by atoms with Crippen molar-refractivity contribution in [3.05, 3.63) is 29.6 Å². The third-order valence-corrected chi connectivity index (χ3v) is 7.04. The van der Waals surface area contributed by atoms with Crippen LogP contribution < -0.4 is 15.4 Å². The molecule has 1 fully saturated rings. The molecule has 3 atom stereocenters. The van der Waals surface area contributed by atoms with Crippen molar-refractivity contribution in [1.82, 2.24) is 25.3 Å². The van der Waals surface area contributed by atoms with Crippen molar-refractivity contribution in [3.8, 4) is 5.75 Å². The number of aliphatic carboxylic acids is 1. The zero-order valence-corrected chi connectivity index (χ0v) is 22.6. The van der Waals surface area contributed by atoms with Gasteiger partial charge < -0.3 is 35.2 Å². The van der Waals surface area contributed by atoms with Gasteiger partial charge in [-0.25, -0.2) is 4.39 Å². The van der Waals surface area contributed by atoms with Crippen LogP contribution in [-0.4, -0.2) is 114 Å². The fraction of sp³-hybridized carbons (Fsp3) is 0.538. The first-order valence-corrected chi connectivity index (χ1v) is 12.9. The minimum Gasteiger partial charge on any atom is -0.491 e. The van der Waals surface area contributed by atoms with Gasteiger partial charge in [-0.05, 0) is 31.0 Å². The first-order chi connectivity index (χ1) is 18.9. The van der Waals surface area contributed by atoms with E-state index in [1.807, 2.05) is 0 Å². The van der Waals surface area contributed by atoms with E-state index < -0.39 is 59.4 Å². The zero-order valence-electron chi connectivity index (χ0n) is 22.6. The maximum absolute atomic E-state index is 14.2. The molecular formula is C26H34FN5O8. The van der Waals surface area contributed by atoms with E-state index in [2.05, 4.69) is 10.6 Å². The Morgan fingerprint density at radius 3 is 2.52 bits per heavy atom. The van der Waals surface area contributed by atoms with Crippen LogP contribution in [0.25, 0.3) is 0 Å². The van der Waals surface area contributed by atoms with Crippen molar-refractivity contribution in [3.63, 3.8) is 0 Å². The molecule has 218 valence electrons. The summed E-state index contributed by atoms with van der Waals surface area (Å²) in [4.78, 5) is 79.0. The topological polar surface area (TPSA) is 166 Å². The van der Waals surface area contributed by atoms with Crippen molar-refractivity contribution < 1.29 is 43.0 Å². The van der Waals surface area contributed by atoms with Crippen LogP contribution in [0.4, 0.5) is 4.39 Å². The molecule has 5 amide bonds. The summed E-state index contributed by atoms with van der Waals surface area (Å²) in [6.45, 7) is -0.278. The molecule has 0 bridgehead atoms. The molecule has 3 N–H and O–H groups in total. The minimum absolute atomic E-state index is 0.0401. The number of likely N-dealkylation sites (N-methyl/N-ethyl adjacent to an activating group) is 3. The maximum Gasteiger partial charge on any atom is 0.303 e. The molecule has 40 heavy (non-hydrogen) atoms. The van der Waals surface area contributed by atoms with E-state index in [9.17, 15) is 33.2 Å². The van der Waals surface area contributed by atoms with Gasteiger partial charge in [0.25, 0.3) is 5.91 Å². The van der Waals surface area contributed by atoms with Gasteiger partial charge in [0.1, 0.15) is 24.2 Å². The second-order valence-electron chi connectivity index (χ2n) is 9.88. The Hall–Kier alpha value is -4.23. The molecule has 14 heteroatoms. The molecule has 13 nitrogen and oxygen atoms in total. The predicted molar refractivity (Wildman–Crippen MR) is 138 cm³/mol. The van der Waals surface area contributed by atoms with Crippen molar-refractivity contribution in [2.24, 2.45) is 0 Å². The number of amides is 5. The number of nitrogens with zero attached hydrogens (tertiary/aromatic N) is 3. The van der Waals surface area contributed by atoms with Crippen LogP contribution in [0, 0.1) is 5.82 Å². The zero-order chi connectivity index (χ0) is 29.6. The third kappa shape index (κ3) is 7.45. The van der Waals surface area contributed by atoms with Crippen LogP contribution in [0.15, 0.2) is 18.2 Å². The molecular weight excluding hydrogens is 529 g/mol. The molecule has 0 unspecified atom stereocenters. The summed E-state index contributed by atoms with van der Waals surface area (Å²) in [7, 11) is 4.23. The van der Waals surface area contributed by atoms with Crippen LogP contribution in [0.1, 0.15) is 42.5 Å². The first kappa shape index (κ1) is 30.3. The van der Waals surface area contributed by atoms with Gasteiger partial charge in [-0.2, -0.15) is 0 Å². The van der Waals surface area contributed by atoms with Crippen molar-refractivity contribution in [2.75, 3.05) is 40.8 Å². The second kappa shape index (κ2) is 13.2. The number of rotatable bonds is 5. The van der Waals surface area contributed by atoms with E-state index in [0.29, 0.717) is 0 Å². The largest absolute Gasteiger partial charge is 0.491 e. The lowest BCUT2D eigenvalue weighted by molar-refractivity contribution is -0.140. The average molecular weight is 564 g/mol. The standard InChI is InChI=1S/C26H34FN5O8/c1-28-25(38)19-5-8-22(34)30(2)13-23(35)32-12-16(29-21(33)7-9-24(36)37)11-17(32)14-40-20-6-4-15(27)10-18(20)26(39)31(19)3/h4,6,10,16-17,19H,5,7-9,11-14H2,1-3H3,(H,28,38)(H,29,33)(H,36,37)/t16-,17-,19-/m0/s1. The van der Waals surface area contributed by atoms with Crippen molar-refractivity contribution >= 4 is 35.5 Å². The van der Waals surface area contributed by atoms with E-state index in [0.717, 1.165) is 17.0 Å². The predicted octanol–water partition coefficient (Wildman–Crippen LogP) is -0.406. The summed E-state index contributed by atoms with van der Waals surface area (Å²) < 4.78 is 20.1. The van der Waals surface area contributed by atoms with Gasteiger partial charge >= 0.3 is 5.97 Å². The van der Waals surface area contributed by atoms with E-state index in [1.54, 1.807) is 0 Å². The Morgan fingerprint density at radius 1 is 1.12 bits per heavy atom. The Balaban J connectivity index is 1.91. The van der Waals surface area contributed by atoms with Crippen LogP contribution >= 0.6 is 0 Å². The van der Waals surface area contributed by atoms with Gasteiger partial charge in [-0.15, -0.1) is 0 Å². The Bertz CT molecular complexity index is 1180. The van der Waals surface area contributed by atoms with E-state index in [-0.39, 0.29) is 63.1 Å². The number of carboxylic acids is 1. The maximum atomic E-state index is 14.2. The molecule has 2 aliphatic heterocycles. The van der Waals surface area contributed by atoms with E-state index in [4.69, 9.17) is 9.84 Å². The quantitative estimate of drug-likeness (QED) is 0.435. The number of hydrogen-bond donors (Lipinski definition) is 3. The number of halogens is 1. The molecule has 0 saturated carbocycles. The summed E-state index contributed by atoms with van der Waals surface area (Å²) >= 11 is 0. The van der Waals surface area contributed by atoms with Gasteiger partial charge in [-0.1, -0.05) is 0 Å². The number of fused-ring (bicyclic) bond motifs is 2. The number of benzene rings is 1. The molecule has 1 aromatic rings. The average Bonchev–Trinajstić information content (AvgIpc) is 3.32. The molecule has 1 saturated heterocycles. The lowest BCUT2D eigenvalue weighted by Gasteiger charge is -2.28. The molecule has 0 spiro atoms. The fourth-order valence-electron chi connectivity index (χ4n) is 4.82. The molecule has 0 aromatic heterocycles. The second-order valence-corrected chi connectivity index (χ2v) is 9.88. The van der Waals surface area contributed by atoms with Gasteiger partial charge in [0.15, 0.2) is 0 Å². The number of carbonyl (C=O) groups excluding carboxylic acids is 5. The molecule has 0 aliphatic carbocycles. The molecule has 0 radical (unpaired) electrons. The molecule has 2 aliphatic rings. The summed E-state index contributed by atoms with van der Waals surface area (Å²) in [6.07, 6.45) is -0.467. The first-order valence-electron chi connectivity index (χ1n) is 12.9. The number of carbonyl (C=O) groups is 6. The summed E-state index contributed by atoms with van der Waals surface area (Å²) in [5, 5.41) is 14.0. The lowest BCUT2D eigenvalue weighted by Crippen LogP contribution is -2.48. The SMILES string of the molecule is CNC(=O)[C@@H]1CCC(=O)N(C)CC(=O)N2C[C@@H](NC(=O)CCC(=O)O)C[C@H]2COc2ccc(F)cc2C(=O)N1C. The van der Waals surface area contributed by atoms with Crippen molar-refractivity contribution in [1.29, 1.82) is 0 Å². The van der Waals surface area contributed by atoms with E-state index >= 15 is 0 Å². The normalized spacial score (nSPS) is 22.4. The summed E-state index contributed by atoms with van der Waals surface area (Å²) in [6, 6.07) is 1.29. The number of ether oxygens (including phenoxy) is 1. The highest BCUT2D eigenvalue weighted by Crippen LogP contribution is 2.26. The Morgan fingerprint density at radius 2 is 1.85 bits per heavy atom. The van der Waals surface area contributed by atoms with Crippen LogP contribution in [-0.2, 0) is 24.0 Å². The molecule has 2 heterocycles. The Kier molecular flexibility index (Phi) is 10.0. The Labute approximate surface area is 230 Å². The van der Waals surface area contributed by atoms with Gasteiger partial charge in [-0.3, -0.25) is 28.8 Å². The monoisotopic (exact) mass is 563 g/mol. The highest BCUT2D eigenvalue weighted by molar-refractivity contribution is 5.99. The fourth-order valence-corrected chi connectivity index (χ4v) is 4.82. The highest BCUT2D eigenvalue weighted by atomic mass is 19.1. The summed E-state index contributed by atoms with van der Waals surface area (Å²) in [5.41, 5.74) is -0.135. The van der Waals surface area contributed by atoms with Crippen molar-refractivity contribution in [2.45, 2.75) is 50.2 Å². The lowest BCUT2D eigenvalue weighted by atomic mass is 10.1. The van der Waals surface area contributed by atoms with Gasteiger partial charge in [0.05, 0.1) is 24.6 Å². The number of nitrogens with one attached hydrogen (secondary N) is 2. The highest BCUT2D eigenvalue weighted by Gasteiger charge is 2.38. The van der Waals surface area contributed by atoms with Crippen LogP contribution in [0.5, 0.6) is 5.75 Å².